The Hall–Kier alpha value is -2.38. The molecule has 0 aliphatic carbocycles. The van der Waals surface area contributed by atoms with Gasteiger partial charge < -0.3 is 9.30 Å². The van der Waals surface area contributed by atoms with Crippen molar-refractivity contribution >= 4 is 11.8 Å². The lowest BCUT2D eigenvalue weighted by atomic mass is 10.2. The summed E-state index contributed by atoms with van der Waals surface area (Å²) in [7, 11) is 5.58. The number of nitrogens with zero attached hydrogens (tertiary/aromatic N) is 4. The fourth-order valence-electron chi connectivity index (χ4n) is 3.29. The van der Waals surface area contributed by atoms with E-state index in [2.05, 4.69) is 52.8 Å². The van der Waals surface area contributed by atoms with Crippen molar-refractivity contribution in [2.75, 3.05) is 21.2 Å². The Labute approximate surface area is 175 Å². The number of aromatic nitrogens is 3. The Bertz CT molecular complexity index is 930. The second-order valence-electron chi connectivity index (χ2n) is 7.06. The molecule has 0 unspecified atom stereocenters. The van der Waals surface area contributed by atoms with E-state index in [1.807, 2.05) is 24.3 Å². The van der Waals surface area contributed by atoms with Gasteiger partial charge >= 0.3 is 0 Å². The van der Waals surface area contributed by atoms with Gasteiger partial charge in [-0.1, -0.05) is 55.1 Å². The minimum absolute atomic E-state index is 0.180. The van der Waals surface area contributed by atoms with E-state index in [4.69, 9.17) is 4.74 Å². The van der Waals surface area contributed by atoms with Crippen molar-refractivity contribution in [3.05, 3.63) is 71.3 Å². The summed E-state index contributed by atoms with van der Waals surface area (Å²) in [4.78, 5) is 2.17. The molecule has 1 atom stereocenters. The summed E-state index contributed by atoms with van der Waals surface area (Å²) in [5.74, 6) is 1.46. The van der Waals surface area contributed by atoms with Crippen molar-refractivity contribution in [2.45, 2.75) is 36.8 Å². The van der Waals surface area contributed by atoms with Crippen LogP contribution in [0.2, 0.25) is 0 Å². The van der Waals surface area contributed by atoms with E-state index in [-0.39, 0.29) is 17.6 Å². The van der Waals surface area contributed by atoms with Crippen LogP contribution < -0.4 is 4.74 Å². The molecule has 0 aliphatic rings. The summed E-state index contributed by atoms with van der Waals surface area (Å²) in [6, 6.07) is 15.5. The van der Waals surface area contributed by atoms with Gasteiger partial charge in [-0.05, 0) is 43.8 Å². The zero-order valence-electron chi connectivity index (χ0n) is 17.3. The van der Waals surface area contributed by atoms with Crippen LogP contribution in [0.15, 0.2) is 53.7 Å². The maximum atomic E-state index is 14.0. The molecule has 0 fully saturated rings. The second kappa shape index (κ2) is 9.89. The van der Waals surface area contributed by atoms with Gasteiger partial charge in [0, 0.05) is 5.75 Å². The average molecular weight is 415 g/mol. The lowest BCUT2D eigenvalue weighted by Gasteiger charge is -2.23. The fraction of sp³-hybridized carbons (Fsp3) is 0.364. The van der Waals surface area contributed by atoms with Crippen molar-refractivity contribution in [1.82, 2.24) is 19.7 Å². The monoisotopic (exact) mass is 414 g/mol. The number of benzene rings is 2. The van der Waals surface area contributed by atoms with Gasteiger partial charge in [-0.3, -0.25) is 4.90 Å². The van der Waals surface area contributed by atoms with E-state index >= 15 is 0 Å². The van der Waals surface area contributed by atoms with E-state index < -0.39 is 0 Å². The molecule has 0 spiro atoms. The van der Waals surface area contributed by atoms with Crippen LogP contribution in [0.1, 0.15) is 36.3 Å². The van der Waals surface area contributed by atoms with E-state index in [1.54, 1.807) is 17.8 Å². The number of halogens is 1. The first-order chi connectivity index (χ1) is 14.0. The third-order valence-electron chi connectivity index (χ3n) is 4.82. The third-order valence-corrected chi connectivity index (χ3v) is 5.86. The molecule has 1 heterocycles. The molecule has 2 aromatic carbocycles. The molecule has 3 rings (SSSR count). The second-order valence-corrected chi connectivity index (χ2v) is 8.00. The van der Waals surface area contributed by atoms with E-state index in [1.165, 1.54) is 18.7 Å². The molecule has 0 radical (unpaired) electrons. The molecule has 0 saturated carbocycles. The normalized spacial score (nSPS) is 12.3. The highest BCUT2D eigenvalue weighted by molar-refractivity contribution is 7.98. The van der Waals surface area contributed by atoms with E-state index in [0.29, 0.717) is 12.3 Å². The summed E-state index contributed by atoms with van der Waals surface area (Å²) in [6.45, 7) is 2.85. The Kier molecular flexibility index (Phi) is 7.28. The zero-order valence-corrected chi connectivity index (χ0v) is 18.1. The van der Waals surface area contributed by atoms with E-state index in [9.17, 15) is 4.39 Å². The first-order valence-corrected chi connectivity index (χ1v) is 10.6. The van der Waals surface area contributed by atoms with Crippen LogP contribution >= 0.6 is 11.8 Å². The number of hydrogen-bond acceptors (Lipinski definition) is 5. The van der Waals surface area contributed by atoms with Gasteiger partial charge in [0.05, 0.1) is 19.7 Å². The summed E-state index contributed by atoms with van der Waals surface area (Å²) in [5, 5.41) is 9.82. The highest BCUT2D eigenvalue weighted by Gasteiger charge is 2.22. The first kappa shape index (κ1) is 21.3. The Morgan fingerprint density at radius 3 is 2.48 bits per heavy atom. The maximum Gasteiger partial charge on any atom is 0.191 e. The van der Waals surface area contributed by atoms with Crippen LogP contribution in [0.5, 0.6) is 5.75 Å². The lowest BCUT2D eigenvalue weighted by molar-refractivity contribution is 0.272. The highest BCUT2D eigenvalue weighted by Crippen LogP contribution is 2.29. The zero-order chi connectivity index (χ0) is 20.8. The molecule has 0 amide bonds. The van der Waals surface area contributed by atoms with Crippen molar-refractivity contribution in [1.29, 1.82) is 0 Å². The molecule has 0 aliphatic heterocycles. The van der Waals surface area contributed by atoms with Crippen molar-refractivity contribution in [3.63, 3.8) is 0 Å². The van der Waals surface area contributed by atoms with Gasteiger partial charge in [0.1, 0.15) is 0 Å². The van der Waals surface area contributed by atoms with Gasteiger partial charge in [-0.15, -0.1) is 10.2 Å². The van der Waals surface area contributed by atoms with Crippen LogP contribution in [-0.4, -0.2) is 40.9 Å². The molecule has 5 nitrogen and oxygen atoms in total. The Balaban J connectivity index is 1.87. The molecular weight excluding hydrogens is 387 g/mol. The molecule has 154 valence electrons. The largest absolute Gasteiger partial charge is 0.494 e. The van der Waals surface area contributed by atoms with Crippen LogP contribution in [0.4, 0.5) is 4.39 Å². The summed E-state index contributed by atoms with van der Waals surface area (Å²) in [5.41, 5.74) is 2.07. The highest BCUT2D eigenvalue weighted by atomic mass is 32.2. The Morgan fingerprint density at radius 1 is 1.10 bits per heavy atom. The summed E-state index contributed by atoms with van der Waals surface area (Å²) in [6.07, 6.45) is 0.939. The molecule has 0 bridgehead atoms. The van der Waals surface area contributed by atoms with Gasteiger partial charge in [-0.25, -0.2) is 4.39 Å². The van der Waals surface area contributed by atoms with E-state index in [0.717, 1.165) is 23.0 Å². The number of thioether (sulfide) groups is 1. The first-order valence-electron chi connectivity index (χ1n) is 9.62. The lowest BCUT2D eigenvalue weighted by Crippen LogP contribution is -2.23. The fourth-order valence-corrected chi connectivity index (χ4v) is 4.18. The molecule has 0 N–H and O–H groups in total. The smallest absolute Gasteiger partial charge is 0.191 e. The SMILES string of the molecule is CC[C@H](c1nnc(SCc2ccc(OC)c(F)c2)n1Cc1ccccc1)N(C)C. The van der Waals surface area contributed by atoms with Crippen LogP contribution in [0.3, 0.4) is 0 Å². The topological polar surface area (TPSA) is 43.2 Å². The maximum absolute atomic E-state index is 14.0. The molecular formula is C22H27FN4OS. The van der Waals surface area contributed by atoms with Crippen molar-refractivity contribution in [2.24, 2.45) is 0 Å². The predicted molar refractivity (Wildman–Crippen MR) is 115 cm³/mol. The van der Waals surface area contributed by atoms with Crippen LogP contribution in [-0.2, 0) is 12.3 Å². The van der Waals surface area contributed by atoms with Crippen molar-refractivity contribution in [3.8, 4) is 5.75 Å². The summed E-state index contributed by atoms with van der Waals surface area (Å²) < 4.78 is 21.2. The predicted octanol–water partition coefficient (Wildman–Crippen LogP) is 4.78. The number of hydrogen-bond donors (Lipinski definition) is 0. The molecule has 3 aromatic rings. The van der Waals surface area contributed by atoms with Gasteiger partial charge in [0.15, 0.2) is 22.5 Å². The number of ether oxygens (including phenoxy) is 1. The quantitative estimate of drug-likeness (QED) is 0.472. The van der Waals surface area contributed by atoms with Crippen molar-refractivity contribution < 1.29 is 9.13 Å². The van der Waals surface area contributed by atoms with Crippen LogP contribution in [0, 0.1) is 5.82 Å². The Morgan fingerprint density at radius 2 is 1.86 bits per heavy atom. The van der Waals surface area contributed by atoms with Crippen LogP contribution in [0.25, 0.3) is 0 Å². The summed E-state index contributed by atoms with van der Waals surface area (Å²) >= 11 is 1.57. The van der Waals surface area contributed by atoms with Gasteiger partial charge in [0.2, 0.25) is 0 Å². The number of rotatable bonds is 9. The minimum atomic E-state index is -0.351. The van der Waals surface area contributed by atoms with Gasteiger partial charge in [0.25, 0.3) is 0 Å². The number of methoxy groups -OCH3 is 1. The third kappa shape index (κ3) is 5.16. The minimum Gasteiger partial charge on any atom is -0.494 e. The molecule has 29 heavy (non-hydrogen) atoms. The average Bonchev–Trinajstić information content (AvgIpc) is 3.10. The molecule has 0 saturated heterocycles. The standard InChI is InChI=1S/C22H27FN4OS/c1-5-19(26(2)3)21-24-25-22(27(21)14-16-9-7-6-8-10-16)29-15-17-11-12-20(28-4)18(23)13-17/h6-13,19H,5,14-15H2,1-4H3/t19-/m1/s1. The molecule has 7 heteroatoms. The molecule has 1 aromatic heterocycles. The van der Waals surface area contributed by atoms with Gasteiger partial charge in [-0.2, -0.15) is 0 Å².